The molecule has 0 aliphatic heterocycles. The maximum atomic E-state index is 11.8. The van der Waals surface area contributed by atoms with Gasteiger partial charge >= 0.3 is 5.97 Å². The van der Waals surface area contributed by atoms with Crippen molar-refractivity contribution in [3.05, 3.63) is 0 Å². The Kier molecular flexibility index (Phi) is 21.4. The fourth-order valence-corrected chi connectivity index (χ4v) is 3.57. The van der Waals surface area contributed by atoms with Crippen LogP contribution in [-0.4, -0.2) is 31.1 Å². The zero-order valence-corrected chi connectivity index (χ0v) is 19.7. The van der Waals surface area contributed by atoms with E-state index in [-0.39, 0.29) is 11.9 Å². The first-order chi connectivity index (χ1) is 14.6. The molecule has 178 valence electrons. The van der Waals surface area contributed by atoms with Crippen LogP contribution in [0.2, 0.25) is 0 Å². The molecule has 0 radical (unpaired) electrons. The van der Waals surface area contributed by atoms with Gasteiger partial charge in [-0.05, 0) is 19.3 Å². The maximum absolute atomic E-state index is 11.8. The Morgan fingerprint density at radius 3 is 1.60 bits per heavy atom. The highest BCUT2D eigenvalue weighted by molar-refractivity contribution is 5.76. The maximum Gasteiger partial charge on any atom is 0.322 e. The lowest BCUT2D eigenvalue weighted by atomic mass is 10.0. The molecule has 0 saturated carbocycles. The van der Waals surface area contributed by atoms with Gasteiger partial charge in [-0.25, -0.2) is 0 Å². The number of unbranched alkanes of at least 4 members (excludes halogenated alkanes) is 15. The molecule has 0 saturated heterocycles. The summed E-state index contributed by atoms with van der Waals surface area (Å²) in [4.78, 5) is 15.7. The van der Waals surface area contributed by atoms with Crippen molar-refractivity contribution >= 4 is 11.9 Å². The van der Waals surface area contributed by atoms with Crippen LogP contribution in [0.15, 0.2) is 4.99 Å². The van der Waals surface area contributed by atoms with Crippen LogP contribution in [0, 0.1) is 0 Å². The first kappa shape index (κ1) is 28.7. The number of guanidine groups is 1. The van der Waals surface area contributed by atoms with Gasteiger partial charge in [0.05, 0.1) is 6.61 Å². The smallest absolute Gasteiger partial charge is 0.322 e. The molecule has 6 heteroatoms. The molecule has 6 nitrogen and oxygen atoms in total. The Morgan fingerprint density at radius 1 is 0.733 bits per heavy atom. The van der Waals surface area contributed by atoms with Gasteiger partial charge in [0, 0.05) is 6.54 Å². The predicted octanol–water partition coefficient (Wildman–Crippen LogP) is 5.17. The summed E-state index contributed by atoms with van der Waals surface area (Å²) in [6.45, 7) is 3.23. The van der Waals surface area contributed by atoms with E-state index in [1.54, 1.807) is 0 Å². The van der Waals surface area contributed by atoms with E-state index in [1.165, 1.54) is 89.9 Å². The molecular formula is C24H50N4O2. The molecule has 0 spiro atoms. The Labute approximate surface area is 185 Å². The molecule has 0 heterocycles. The minimum atomic E-state index is -0.583. The van der Waals surface area contributed by atoms with Gasteiger partial charge in [0.15, 0.2) is 5.96 Å². The van der Waals surface area contributed by atoms with Crippen molar-refractivity contribution in [2.75, 3.05) is 13.2 Å². The van der Waals surface area contributed by atoms with Crippen LogP contribution in [-0.2, 0) is 9.53 Å². The van der Waals surface area contributed by atoms with Crippen LogP contribution < -0.4 is 17.2 Å². The number of hydrogen-bond donors (Lipinski definition) is 3. The minimum absolute atomic E-state index is 0.0645. The summed E-state index contributed by atoms with van der Waals surface area (Å²) in [5, 5.41) is 0. The molecule has 0 amide bonds. The lowest BCUT2D eigenvalue weighted by Gasteiger charge is -2.11. The largest absolute Gasteiger partial charge is 0.465 e. The van der Waals surface area contributed by atoms with Crippen LogP contribution in [0.3, 0.4) is 0 Å². The molecule has 1 unspecified atom stereocenters. The van der Waals surface area contributed by atoms with Crippen LogP contribution in [0.25, 0.3) is 0 Å². The van der Waals surface area contributed by atoms with Crippen LogP contribution in [0.4, 0.5) is 0 Å². The highest BCUT2D eigenvalue weighted by Crippen LogP contribution is 2.13. The molecule has 6 N–H and O–H groups in total. The zero-order valence-electron chi connectivity index (χ0n) is 19.7. The van der Waals surface area contributed by atoms with Gasteiger partial charge in [-0.1, -0.05) is 103 Å². The molecule has 0 aliphatic rings. The lowest BCUT2D eigenvalue weighted by molar-refractivity contribution is -0.145. The quantitative estimate of drug-likeness (QED) is 0.0955. The summed E-state index contributed by atoms with van der Waals surface area (Å²) in [6, 6.07) is -0.583. The SMILES string of the molecule is CCCCCCCCCCCCCCCCCCOC(=O)C(N)CCCN=C(N)N. The Balaban J connectivity index is 3.27. The summed E-state index contributed by atoms with van der Waals surface area (Å²) in [7, 11) is 0. The molecule has 0 aromatic rings. The average Bonchev–Trinajstić information content (AvgIpc) is 2.72. The summed E-state index contributed by atoms with van der Waals surface area (Å²) in [5.41, 5.74) is 16.3. The molecular weight excluding hydrogens is 376 g/mol. The van der Waals surface area contributed by atoms with Crippen molar-refractivity contribution in [2.24, 2.45) is 22.2 Å². The van der Waals surface area contributed by atoms with E-state index in [0.717, 1.165) is 12.8 Å². The van der Waals surface area contributed by atoms with Gasteiger partial charge in [-0.15, -0.1) is 0 Å². The second-order valence-corrected chi connectivity index (χ2v) is 8.53. The fourth-order valence-electron chi connectivity index (χ4n) is 3.57. The monoisotopic (exact) mass is 426 g/mol. The van der Waals surface area contributed by atoms with E-state index in [0.29, 0.717) is 26.0 Å². The third kappa shape index (κ3) is 21.4. The van der Waals surface area contributed by atoms with Gasteiger partial charge in [0.25, 0.3) is 0 Å². The lowest BCUT2D eigenvalue weighted by Crippen LogP contribution is -2.32. The molecule has 0 aromatic heterocycles. The van der Waals surface area contributed by atoms with E-state index >= 15 is 0 Å². The van der Waals surface area contributed by atoms with E-state index in [9.17, 15) is 4.79 Å². The zero-order chi connectivity index (χ0) is 22.3. The number of aliphatic imine (C=N–C) groups is 1. The highest BCUT2D eigenvalue weighted by Gasteiger charge is 2.14. The van der Waals surface area contributed by atoms with Crippen LogP contribution >= 0.6 is 0 Å². The molecule has 0 aliphatic carbocycles. The number of hydrogen-bond acceptors (Lipinski definition) is 4. The Hall–Kier alpha value is -1.30. The molecule has 0 aromatic carbocycles. The molecule has 1 atom stereocenters. The van der Waals surface area contributed by atoms with E-state index in [1.807, 2.05) is 0 Å². The highest BCUT2D eigenvalue weighted by atomic mass is 16.5. The molecule has 0 bridgehead atoms. The molecule has 0 rings (SSSR count). The van der Waals surface area contributed by atoms with Crippen molar-refractivity contribution in [1.82, 2.24) is 0 Å². The number of nitrogens with zero attached hydrogens (tertiary/aromatic N) is 1. The van der Waals surface area contributed by atoms with Gasteiger partial charge in [-0.2, -0.15) is 0 Å². The molecule has 0 fully saturated rings. The van der Waals surface area contributed by atoms with Crippen LogP contribution in [0.1, 0.15) is 122 Å². The summed E-state index contributed by atoms with van der Waals surface area (Å²) in [6.07, 6.45) is 22.5. The van der Waals surface area contributed by atoms with Crippen LogP contribution in [0.5, 0.6) is 0 Å². The van der Waals surface area contributed by atoms with Crippen molar-refractivity contribution in [3.8, 4) is 0 Å². The number of rotatable bonds is 22. The second kappa shape index (κ2) is 22.4. The van der Waals surface area contributed by atoms with Crippen molar-refractivity contribution in [3.63, 3.8) is 0 Å². The Bertz CT molecular complexity index is 412. The van der Waals surface area contributed by atoms with Gasteiger partial charge in [0.2, 0.25) is 0 Å². The van der Waals surface area contributed by atoms with Gasteiger partial charge in [-0.3, -0.25) is 9.79 Å². The predicted molar refractivity (Wildman–Crippen MR) is 128 cm³/mol. The number of carbonyl (C=O) groups excluding carboxylic acids is 1. The van der Waals surface area contributed by atoms with Crippen molar-refractivity contribution in [1.29, 1.82) is 0 Å². The Morgan fingerprint density at radius 2 is 1.17 bits per heavy atom. The second-order valence-electron chi connectivity index (χ2n) is 8.53. The standard InChI is InChI=1S/C24H50N4O2/c1-2-3-4-5-6-7-8-9-10-11-12-13-14-15-16-17-21-30-23(29)22(25)19-18-20-28-24(26)27/h22H,2-21,25H2,1H3,(H4,26,27,28). The van der Waals surface area contributed by atoms with Gasteiger partial charge < -0.3 is 21.9 Å². The van der Waals surface area contributed by atoms with E-state index < -0.39 is 6.04 Å². The summed E-state index contributed by atoms with van der Waals surface area (Å²) < 4.78 is 5.25. The number of nitrogens with two attached hydrogens (primary N) is 3. The number of esters is 1. The average molecular weight is 427 g/mol. The normalized spacial score (nSPS) is 11.9. The topological polar surface area (TPSA) is 117 Å². The first-order valence-corrected chi connectivity index (χ1v) is 12.6. The first-order valence-electron chi connectivity index (χ1n) is 12.6. The third-order valence-electron chi connectivity index (χ3n) is 5.51. The third-order valence-corrected chi connectivity index (χ3v) is 5.51. The molecule has 30 heavy (non-hydrogen) atoms. The number of carbonyl (C=O) groups is 1. The number of ether oxygens (including phenoxy) is 1. The van der Waals surface area contributed by atoms with E-state index in [4.69, 9.17) is 21.9 Å². The van der Waals surface area contributed by atoms with E-state index in [2.05, 4.69) is 11.9 Å². The van der Waals surface area contributed by atoms with Crippen molar-refractivity contribution in [2.45, 2.75) is 129 Å². The summed E-state index contributed by atoms with van der Waals surface area (Å²) >= 11 is 0. The minimum Gasteiger partial charge on any atom is -0.465 e. The van der Waals surface area contributed by atoms with Crippen molar-refractivity contribution < 1.29 is 9.53 Å². The van der Waals surface area contributed by atoms with Gasteiger partial charge in [0.1, 0.15) is 6.04 Å². The fraction of sp³-hybridized carbons (Fsp3) is 0.917. The summed E-state index contributed by atoms with van der Waals surface area (Å²) in [5.74, 6) is -0.254.